The first kappa shape index (κ1) is 12.8. The minimum Gasteiger partial charge on any atom is -0.304 e. The molecule has 0 aliphatic heterocycles. The van der Waals surface area contributed by atoms with E-state index in [-0.39, 0.29) is 5.41 Å². The van der Waals surface area contributed by atoms with E-state index < -0.39 is 0 Å². The van der Waals surface area contributed by atoms with E-state index in [0.29, 0.717) is 5.92 Å². The Balaban J connectivity index is 2.42. The first-order valence-electron chi connectivity index (χ1n) is 6.75. The van der Waals surface area contributed by atoms with Crippen molar-refractivity contribution in [1.82, 2.24) is 14.8 Å². The van der Waals surface area contributed by atoms with Gasteiger partial charge in [-0.15, -0.1) is 0 Å². The van der Waals surface area contributed by atoms with Crippen molar-refractivity contribution < 1.29 is 0 Å². The molecule has 1 aliphatic carbocycles. The number of H-pyrrole nitrogens is 1. The molecule has 1 aromatic rings. The van der Waals surface area contributed by atoms with Crippen LogP contribution in [0.4, 0.5) is 0 Å². The molecule has 4 heteroatoms. The van der Waals surface area contributed by atoms with Gasteiger partial charge in [-0.1, -0.05) is 26.7 Å². The van der Waals surface area contributed by atoms with Gasteiger partial charge in [0, 0.05) is 12.0 Å². The lowest BCUT2D eigenvalue weighted by Gasteiger charge is -2.30. The minimum absolute atomic E-state index is 0.276. The first-order chi connectivity index (χ1) is 8.09. The van der Waals surface area contributed by atoms with Gasteiger partial charge in [0.25, 0.3) is 0 Å². The average Bonchev–Trinajstić information content (AvgIpc) is 2.84. The fourth-order valence-electron chi connectivity index (χ4n) is 3.37. The number of nitrogens with one attached hydrogen (secondary N) is 1. The average molecular weight is 253 g/mol. The quantitative estimate of drug-likeness (QED) is 0.828. The summed E-state index contributed by atoms with van der Waals surface area (Å²) in [6.45, 7) is 7.67. The van der Waals surface area contributed by atoms with Crippen LogP contribution < -0.4 is 0 Å². The fourth-order valence-corrected chi connectivity index (χ4v) is 3.63. The molecule has 0 spiro atoms. The second kappa shape index (κ2) is 4.92. The summed E-state index contributed by atoms with van der Waals surface area (Å²) in [5.74, 6) is 1.92. The molecule has 0 saturated heterocycles. The SMILES string of the molecule is CCn1c(C2(CC(C)C)CCCC2)n[nH]c1=S. The van der Waals surface area contributed by atoms with E-state index in [9.17, 15) is 0 Å². The van der Waals surface area contributed by atoms with Crippen LogP contribution in [0.1, 0.15) is 58.7 Å². The van der Waals surface area contributed by atoms with Gasteiger partial charge in [0.1, 0.15) is 5.82 Å². The molecular formula is C13H23N3S. The molecule has 1 aliphatic rings. The van der Waals surface area contributed by atoms with Crippen LogP contribution in [-0.2, 0) is 12.0 Å². The van der Waals surface area contributed by atoms with Gasteiger partial charge in [-0.05, 0) is 44.3 Å². The molecule has 0 unspecified atom stereocenters. The highest BCUT2D eigenvalue weighted by Gasteiger charge is 2.40. The highest BCUT2D eigenvalue weighted by molar-refractivity contribution is 7.71. The van der Waals surface area contributed by atoms with Crippen LogP contribution in [0.2, 0.25) is 0 Å². The van der Waals surface area contributed by atoms with Crippen LogP contribution in [0.5, 0.6) is 0 Å². The maximum Gasteiger partial charge on any atom is 0.195 e. The summed E-state index contributed by atoms with van der Waals surface area (Å²) in [6.07, 6.45) is 6.42. The molecular weight excluding hydrogens is 230 g/mol. The second-order valence-corrected chi connectivity index (χ2v) is 6.07. The molecule has 96 valence electrons. The van der Waals surface area contributed by atoms with Crippen LogP contribution in [-0.4, -0.2) is 14.8 Å². The lowest BCUT2D eigenvalue weighted by Crippen LogP contribution is -2.28. The van der Waals surface area contributed by atoms with Crippen molar-refractivity contribution >= 4 is 12.2 Å². The van der Waals surface area contributed by atoms with Crippen molar-refractivity contribution in [1.29, 1.82) is 0 Å². The van der Waals surface area contributed by atoms with Crippen molar-refractivity contribution in [3.05, 3.63) is 10.6 Å². The molecule has 1 aromatic heterocycles. The number of aromatic nitrogens is 3. The van der Waals surface area contributed by atoms with Gasteiger partial charge in [-0.3, -0.25) is 5.10 Å². The van der Waals surface area contributed by atoms with E-state index in [1.54, 1.807) is 0 Å². The van der Waals surface area contributed by atoms with E-state index in [2.05, 4.69) is 35.5 Å². The van der Waals surface area contributed by atoms with Gasteiger partial charge >= 0.3 is 0 Å². The Labute approximate surface area is 109 Å². The van der Waals surface area contributed by atoms with Crippen molar-refractivity contribution in [2.45, 2.75) is 64.8 Å². The molecule has 1 fully saturated rings. The summed E-state index contributed by atoms with van der Waals surface area (Å²) in [4.78, 5) is 0. The van der Waals surface area contributed by atoms with Gasteiger partial charge in [0.05, 0.1) is 0 Å². The second-order valence-electron chi connectivity index (χ2n) is 5.68. The number of hydrogen-bond acceptors (Lipinski definition) is 2. The molecule has 2 rings (SSSR count). The summed E-state index contributed by atoms with van der Waals surface area (Å²) in [7, 11) is 0. The molecule has 0 radical (unpaired) electrons. The third-order valence-corrected chi connectivity index (χ3v) is 4.22. The maximum absolute atomic E-state index is 5.32. The van der Waals surface area contributed by atoms with E-state index in [4.69, 9.17) is 12.2 Å². The van der Waals surface area contributed by atoms with E-state index in [1.807, 2.05) is 0 Å². The fraction of sp³-hybridized carbons (Fsp3) is 0.846. The molecule has 3 nitrogen and oxygen atoms in total. The van der Waals surface area contributed by atoms with Crippen LogP contribution in [0.25, 0.3) is 0 Å². The Bertz CT molecular complexity index is 424. The lowest BCUT2D eigenvalue weighted by atomic mass is 9.77. The molecule has 0 amide bonds. The van der Waals surface area contributed by atoms with Gasteiger partial charge < -0.3 is 4.57 Å². The lowest BCUT2D eigenvalue weighted by molar-refractivity contribution is 0.317. The minimum atomic E-state index is 0.276. The normalized spacial score (nSPS) is 19.1. The van der Waals surface area contributed by atoms with Crippen LogP contribution in [0.15, 0.2) is 0 Å². The number of aromatic amines is 1. The maximum atomic E-state index is 5.32. The summed E-state index contributed by atoms with van der Waals surface area (Å²) in [5.41, 5.74) is 0.276. The molecule has 1 heterocycles. The van der Waals surface area contributed by atoms with Crippen molar-refractivity contribution in [2.75, 3.05) is 0 Å². The van der Waals surface area contributed by atoms with Gasteiger partial charge in [0.2, 0.25) is 0 Å². The zero-order valence-corrected chi connectivity index (χ0v) is 11.9. The van der Waals surface area contributed by atoms with E-state index in [0.717, 1.165) is 11.3 Å². The monoisotopic (exact) mass is 253 g/mol. The molecule has 1 saturated carbocycles. The molecule has 0 aromatic carbocycles. The van der Waals surface area contributed by atoms with Gasteiger partial charge in [-0.2, -0.15) is 5.10 Å². The Kier molecular flexibility index (Phi) is 3.71. The van der Waals surface area contributed by atoms with E-state index >= 15 is 0 Å². The standard InChI is InChI=1S/C13H23N3S/c1-4-16-11(14-15-12(16)17)13(9-10(2)3)7-5-6-8-13/h10H,4-9H2,1-3H3,(H,15,17). The highest BCUT2D eigenvalue weighted by atomic mass is 32.1. The Morgan fingerprint density at radius 3 is 2.59 bits per heavy atom. The van der Waals surface area contributed by atoms with Crippen molar-refractivity contribution in [2.24, 2.45) is 5.92 Å². The predicted molar refractivity (Wildman–Crippen MR) is 72.7 cm³/mol. The molecule has 0 atom stereocenters. The Morgan fingerprint density at radius 1 is 1.41 bits per heavy atom. The number of rotatable bonds is 4. The number of hydrogen-bond donors (Lipinski definition) is 1. The summed E-state index contributed by atoms with van der Waals surface area (Å²) >= 11 is 5.32. The smallest absolute Gasteiger partial charge is 0.195 e. The van der Waals surface area contributed by atoms with Crippen LogP contribution in [0.3, 0.4) is 0 Å². The Morgan fingerprint density at radius 2 is 2.06 bits per heavy atom. The molecule has 17 heavy (non-hydrogen) atoms. The highest BCUT2D eigenvalue weighted by Crippen LogP contribution is 2.44. The van der Waals surface area contributed by atoms with Gasteiger partial charge in [0.15, 0.2) is 4.77 Å². The Hall–Kier alpha value is -0.640. The zero-order valence-electron chi connectivity index (χ0n) is 11.1. The van der Waals surface area contributed by atoms with Gasteiger partial charge in [-0.25, -0.2) is 0 Å². The third kappa shape index (κ3) is 2.32. The molecule has 0 bridgehead atoms. The molecule has 1 N–H and O–H groups in total. The predicted octanol–water partition coefficient (Wildman–Crippen LogP) is 3.82. The van der Waals surface area contributed by atoms with E-state index in [1.165, 1.54) is 37.9 Å². The van der Waals surface area contributed by atoms with Crippen molar-refractivity contribution in [3.8, 4) is 0 Å². The first-order valence-corrected chi connectivity index (χ1v) is 7.15. The third-order valence-electron chi connectivity index (χ3n) is 3.91. The summed E-state index contributed by atoms with van der Waals surface area (Å²) in [6, 6.07) is 0. The van der Waals surface area contributed by atoms with Crippen LogP contribution >= 0.6 is 12.2 Å². The zero-order chi connectivity index (χ0) is 12.5. The number of nitrogens with zero attached hydrogens (tertiary/aromatic N) is 2. The largest absolute Gasteiger partial charge is 0.304 e. The topological polar surface area (TPSA) is 33.6 Å². The summed E-state index contributed by atoms with van der Waals surface area (Å²) < 4.78 is 2.96. The van der Waals surface area contributed by atoms with Crippen molar-refractivity contribution in [3.63, 3.8) is 0 Å². The van der Waals surface area contributed by atoms with Crippen LogP contribution in [0, 0.1) is 10.7 Å². The summed E-state index contributed by atoms with van der Waals surface area (Å²) in [5, 5.41) is 7.52.